The largest absolute Gasteiger partial charge is 0.378 e. The Morgan fingerprint density at radius 3 is 2.43 bits per heavy atom. The molecule has 4 atom stereocenters. The fraction of sp³-hybridized carbons (Fsp3) is 0.320. The first-order valence-corrected chi connectivity index (χ1v) is 11.8. The highest BCUT2D eigenvalue weighted by atomic mass is 35.5. The molecule has 0 radical (unpaired) electrons. The molecule has 35 heavy (non-hydrogen) atoms. The zero-order chi connectivity index (χ0) is 24.9. The molecular formula is C25H23ClN4O5. The number of nitro benzene ring substituents is 1. The third kappa shape index (κ3) is 4.05. The van der Waals surface area contributed by atoms with E-state index in [1.807, 2.05) is 19.1 Å². The van der Waals surface area contributed by atoms with Gasteiger partial charge in [0.2, 0.25) is 11.8 Å². The van der Waals surface area contributed by atoms with Crippen LogP contribution in [0.15, 0.2) is 48.6 Å². The summed E-state index contributed by atoms with van der Waals surface area (Å²) < 4.78 is 0. The van der Waals surface area contributed by atoms with Crippen LogP contribution in [0.2, 0.25) is 5.02 Å². The molecule has 1 saturated carbocycles. The van der Waals surface area contributed by atoms with Gasteiger partial charge in [0.1, 0.15) is 5.69 Å². The van der Waals surface area contributed by atoms with Gasteiger partial charge in [0.05, 0.1) is 16.8 Å². The molecule has 0 unspecified atom stereocenters. The second-order valence-corrected chi connectivity index (χ2v) is 9.57. The summed E-state index contributed by atoms with van der Waals surface area (Å²) in [5, 5.41) is 17.8. The van der Waals surface area contributed by atoms with Crippen LogP contribution in [0.1, 0.15) is 22.3 Å². The molecule has 2 bridgehead atoms. The molecule has 0 spiro atoms. The molecule has 2 aromatic carbocycles. The lowest BCUT2D eigenvalue weighted by Gasteiger charge is -2.18. The number of fused-ring (bicyclic) bond motifs is 5. The van der Waals surface area contributed by atoms with Gasteiger partial charge in [-0.1, -0.05) is 29.8 Å². The Morgan fingerprint density at radius 1 is 1.11 bits per heavy atom. The maximum absolute atomic E-state index is 12.8. The second-order valence-electron chi connectivity index (χ2n) is 9.16. The van der Waals surface area contributed by atoms with Gasteiger partial charge in [0.15, 0.2) is 0 Å². The maximum atomic E-state index is 12.8. The van der Waals surface area contributed by atoms with Gasteiger partial charge in [-0.3, -0.25) is 29.4 Å². The number of nitrogens with one attached hydrogen (secondary N) is 2. The van der Waals surface area contributed by atoms with E-state index in [1.54, 1.807) is 18.2 Å². The number of allylic oxidation sites excluding steroid dienone is 2. The van der Waals surface area contributed by atoms with E-state index in [4.69, 9.17) is 11.6 Å². The van der Waals surface area contributed by atoms with Crippen molar-refractivity contribution in [1.29, 1.82) is 0 Å². The van der Waals surface area contributed by atoms with Gasteiger partial charge in [-0.15, -0.1) is 0 Å². The summed E-state index contributed by atoms with van der Waals surface area (Å²) in [6, 6.07) is 9.17. The van der Waals surface area contributed by atoms with Crippen LogP contribution in [-0.4, -0.2) is 40.6 Å². The Morgan fingerprint density at radius 2 is 1.80 bits per heavy atom. The molecule has 3 amide bonds. The number of carbonyl (C=O) groups is 3. The number of halogens is 1. The van der Waals surface area contributed by atoms with E-state index in [0.717, 1.165) is 12.0 Å². The Kier molecular flexibility index (Phi) is 5.80. The van der Waals surface area contributed by atoms with Crippen molar-refractivity contribution < 1.29 is 19.3 Å². The fourth-order valence-electron chi connectivity index (χ4n) is 5.33. The third-order valence-corrected chi connectivity index (χ3v) is 7.51. The van der Waals surface area contributed by atoms with Crippen LogP contribution in [0, 0.1) is 40.7 Å². The number of likely N-dealkylation sites (tertiary alicyclic amines) is 1. The first-order valence-electron chi connectivity index (χ1n) is 11.4. The number of hydrogen-bond donors (Lipinski definition) is 2. The highest BCUT2D eigenvalue weighted by Gasteiger charge is 2.58. The van der Waals surface area contributed by atoms with Gasteiger partial charge in [0.25, 0.3) is 11.6 Å². The summed E-state index contributed by atoms with van der Waals surface area (Å²) in [5.41, 5.74) is 1.37. The molecule has 2 N–H and O–H groups in total. The van der Waals surface area contributed by atoms with Crippen molar-refractivity contribution >= 4 is 46.4 Å². The van der Waals surface area contributed by atoms with Crippen molar-refractivity contribution in [2.75, 3.05) is 23.7 Å². The topological polar surface area (TPSA) is 122 Å². The van der Waals surface area contributed by atoms with E-state index in [2.05, 4.69) is 10.6 Å². The van der Waals surface area contributed by atoms with Gasteiger partial charge >= 0.3 is 0 Å². The van der Waals surface area contributed by atoms with Gasteiger partial charge in [-0.2, -0.15) is 0 Å². The number of benzene rings is 2. The number of rotatable bonds is 7. The Hall–Kier alpha value is -3.72. The normalized spacial score (nSPS) is 24.1. The van der Waals surface area contributed by atoms with Crippen LogP contribution in [0.25, 0.3) is 0 Å². The molecule has 5 rings (SSSR count). The van der Waals surface area contributed by atoms with E-state index in [9.17, 15) is 24.5 Å². The summed E-state index contributed by atoms with van der Waals surface area (Å²) in [5.74, 6) is -1.10. The molecule has 2 aliphatic carbocycles. The predicted octanol–water partition coefficient (Wildman–Crippen LogP) is 4.03. The number of anilines is 2. The minimum absolute atomic E-state index is 0.111. The number of aryl methyl sites for hydroxylation is 1. The van der Waals surface area contributed by atoms with E-state index in [1.165, 1.54) is 23.1 Å². The summed E-state index contributed by atoms with van der Waals surface area (Å²) in [6.07, 6.45) is 4.93. The van der Waals surface area contributed by atoms with Crippen molar-refractivity contribution in [2.45, 2.75) is 13.3 Å². The van der Waals surface area contributed by atoms with Crippen molar-refractivity contribution in [3.8, 4) is 0 Å². The molecule has 0 aromatic heterocycles. The molecule has 180 valence electrons. The fourth-order valence-corrected chi connectivity index (χ4v) is 5.51. The van der Waals surface area contributed by atoms with Crippen LogP contribution >= 0.6 is 11.6 Å². The van der Waals surface area contributed by atoms with Gasteiger partial charge in [-0.05, 0) is 55.0 Å². The summed E-state index contributed by atoms with van der Waals surface area (Å²) in [7, 11) is 0. The minimum atomic E-state index is -0.582. The van der Waals surface area contributed by atoms with Crippen molar-refractivity contribution in [3.63, 3.8) is 0 Å². The average Bonchev–Trinajstić information content (AvgIpc) is 3.51. The molecule has 2 fully saturated rings. The molecule has 1 saturated heterocycles. The number of carbonyl (C=O) groups excluding carboxylic acids is 3. The van der Waals surface area contributed by atoms with Crippen molar-refractivity contribution in [1.82, 2.24) is 4.90 Å². The quantitative estimate of drug-likeness (QED) is 0.259. The minimum Gasteiger partial charge on any atom is -0.378 e. The van der Waals surface area contributed by atoms with Gasteiger partial charge < -0.3 is 10.6 Å². The maximum Gasteiger partial charge on any atom is 0.293 e. The number of hydrogen-bond acceptors (Lipinski definition) is 6. The Bertz CT molecular complexity index is 1260. The lowest BCUT2D eigenvalue weighted by Crippen LogP contribution is -2.36. The van der Waals surface area contributed by atoms with Gasteiger partial charge in [-0.25, -0.2) is 0 Å². The Labute approximate surface area is 206 Å². The van der Waals surface area contributed by atoms with E-state index in [-0.39, 0.29) is 65.5 Å². The smallest absolute Gasteiger partial charge is 0.293 e. The van der Waals surface area contributed by atoms with Crippen LogP contribution in [0.4, 0.5) is 17.1 Å². The molecule has 1 aliphatic heterocycles. The molecule has 3 aliphatic rings. The lowest BCUT2D eigenvalue weighted by molar-refractivity contribution is -0.384. The number of imide groups is 1. The van der Waals surface area contributed by atoms with Gasteiger partial charge in [0, 0.05) is 35.4 Å². The molecule has 9 nitrogen and oxygen atoms in total. The van der Waals surface area contributed by atoms with E-state index >= 15 is 0 Å². The van der Waals surface area contributed by atoms with Crippen LogP contribution in [0.5, 0.6) is 0 Å². The zero-order valence-corrected chi connectivity index (χ0v) is 19.6. The first-order chi connectivity index (χ1) is 16.7. The standard InChI is InChI=1S/C25H23ClN4O5/c1-13-2-6-17(12-18(13)26)28-23(31)16-5-7-19(20(11-16)30(34)35)27-8-9-29-24(32)21-14-3-4-15(10-14)22(21)25(29)33/h2-7,11-12,14-15,21-22,27H,8-10H2,1H3,(H,28,31)/t14-,15-,21-,22-/m0/s1. The number of amides is 3. The summed E-state index contributed by atoms with van der Waals surface area (Å²) in [4.78, 5) is 50.6. The molecule has 10 heteroatoms. The van der Waals surface area contributed by atoms with Crippen molar-refractivity contribution in [2.24, 2.45) is 23.7 Å². The third-order valence-electron chi connectivity index (χ3n) is 7.10. The Balaban J connectivity index is 1.24. The van der Waals surface area contributed by atoms with E-state index < -0.39 is 10.8 Å². The lowest BCUT2D eigenvalue weighted by atomic mass is 9.85. The highest BCUT2D eigenvalue weighted by molar-refractivity contribution is 6.31. The zero-order valence-electron chi connectivity index (χ0n) is 18.9. The molecular weight excluding hydrogens is 472 g/mol. The molecule has 2 aromatic rings. The first kappa shape index (κ1) is 23.0. The summed E-state index contributed by atoms with van der Waals surface area (Å²) in [6.45, 7) is 2.12. The highest BCUT2D eigenvalue weighted by Crippen LogP contribution is 2.52. The van der Waals surface area contributed by atoms with Crippen molar-refractivity contribution in [3.05, 3.63) is 74.8 Å². The summed E-state index contributed by atoms with van der Waals surface area (Å²) >= 11 is 6.09. The predicted molar refractivity (Wildman–Crippen MR) is 130 cm³/mol. The monoisotopic (exact) mass is 494 g/mol. The average molecular weight is 495 g/mol. The number of nitro groups is 1. The van der Waals surface area contributed by atoms with Crippen LogP contribution in [0.3, 0.4) is 0 Å². The SMILES string of the molecule is Cc1ccc(NC(=O)c2ccc(NCCN3C(=O)[C@@H]4[C@@H](C3=O)[C@H]3C=C[C@H]4C3)c([N+](=O)[O-])c2)cc1Cl. The molecule has 1 heterocycles. The van der Waals surface area contributed by atoms with Crippen LogP contribution in [-0.2, 0) is 9.59 Å². The number of nitrogens with zero attached hydrogens (tertiary/aromatic N) is 2. The van der Waals surface area contributed by atoms with E-state index in [0.29, 0.717) is 10.7 Å². The van der Waals surface area contributed by atoms with Crippen LogP contribution < -0.4 is 10.6 Å². The second kappa shape index (κ2) is 8.81.